The van der Waals surface area contributed by atoms with Crippen LogP contribution in [0.2, 0.25) is 0 Å². The monoisotopic (exact) mass is 310 g/mol. The molecule has 22 heavy (non-hydrogen) atoms. The molecule has 1 amide bonds. The van der Waals surface area contributed by atoms with Crippen LogP contribution in [0.4, 0.5) is 5.00 Å². The number of nitrogens with zero attached hydrogens (tertiary/aromatic N) is 1. The van der Waals surface area contributed by atoms with Crippen molar-refractivity contribution in [3.8, 4) is 0 Å². The summed E-state index contributed by atoms with van der Waals surface area (Å²) in [4.78, 5) is 18.0. The molecule has 0 spiro atoms. The fourth-order valence-electron chi connectivity index (χ4n) is 3.25. The van der Waals surface area contributed by atoms with E-state index in [2.05, 4.69) is 41.5 Å². The van der Waals surface area contributed by atoms with E-state index in [-0.39, 0.29) is 12.5 Å². The molecule has 0 bridgehead atoms. The zero-order chi connectivity index (χ0) is 15.1. The summed E-state index contributed by atoms with van der Waals surface area (Å²) < 4.78 is 0. The molecule has 0 saturated carbocycles. The average molecular weight is 310 g/mol. The quantitative estimate of drug-likeness (QED) is 0.857. The molecule has 4 heteroatoms. The van der Waals surface area contributed by atoms with E-state index in [1.165, 1.54) is 34.4 Å². The molecular weight excluding hydrogens is 292 g/mol. The number of aliphatic imine (C=N–C) groups is 1. The first-order valence-electron chi connectivity index (χ1n) is 7.78. The van der Waals surface area contributed by atoms with Gasteiger partial charge in [0.25, 0.3) is 0 Å². The van der Waals surface area contributed by atoms with Gasteiger partial charge in [-0.1, -0.05) is 29.8 Å². The molecule has 4 rings (SSSR count). The molecule has 0 saturated heterocycles. The molecule has 0 fully saturated rings. The van der Waals surface area contributed by atoms with Crippen molar-refractivity contribution in [1.82, 2.24) is 0 Å². The van der Waals surface area contributed by atoms with Crippen LogP contribution in [-0.4, -0.2) is 18.2 Å². The second kappa shape index (κ2) is 5.36. The number of carbonyl (C=O) groups excluding carboxylic acids is 1. The molecule has 112 valence electrons. The van der Waals surface area contributed by atoms with Crippen LogP contribution >= 0.6 is 11.3 Å². The molecule has 1 aliphatic carbocycles. The molecule has 2 aliphatic rings. The number of amides is 1. The standard InChI is InChI=1S/C18H18N2OS/c1-11-6-8-12(9-7-11)17-16-13-4-2-3-5-14(13)22-18(16)20-15(21)10-19-17/h6-9H,2-5,10H2,1H3,(H,20,21). The fourth-order valence-corrected chi connectivity index (χ4v) is 4.55. The van der Waals surface area contributed by atoms with E-state index in [0.29, 0.717) is 0 Å². The molecule has 1 aliphatic heterocycles. The number of hydrogen-bond acceptors (Lipinski definition) is 3. The van der Waals surface area contributed by atoms with Crippen molar-refractivity contribution in [1.29, 1.82) is 0 Å². The van der Waals surface area contributed by atoms with E-state index in [1.807, 2.05) is 0 Å². The number of nitrogens with one attached hydrogen (secondary N) is 1. The van der Waals surface area contributed by atoms with Crippen molar-refractivity contribution in [2.75, 3.05) is 11.9 Å². The van der Waals surface area contributed by atoms with Crippen LogP contribution < -0.4 is 5.32 Å². The third-order valence-electron chi connectivity index (χ3n) is 4.37. The molecular formula is C18H18N2OS. The number of hydrogen-bond donors (Lipinski definition) is 1. The normalized spacial score (nSPS) is 17.1. The Morgan fingerprint density at radius 3 is 2.73 bits per heavy atom. The van der Waals surface area contributed by atoms with Gasteiger partial charge in [-0.05, 0) is 38.2 Å². The minimum absolute atomic E-state index is 0.0121. The predicted octanol–water partition coefficient (Wildman–Crippen LogP) is 3.72. The lowest BCUT2D eigenvalue weighted by Crippen LogP contribution is -2.12. The van der Waals surface area contributed by atoms with Gasteiger partial charge in [0.2, 0.25) is 5.91 Å². The summed E-state index contributed by atoms with van der Waals surface area (Å²) in [5, 5.41) is 4.05. The van der Waals surface area contributed by atoms with Crippen LogP contribution in [-0.2, 0) is 17.6 Å². The van der Waals surface area contributed by atoms with E-state index < -0.39 is 0 Å². The molecule has 0 unspecified atom stereocenters. The highest BCUT2D eigenvalue weighted by Crippen LogP contribution is 2.40. The summed E-state index contributed by atoms with van der Waals surface area (Å²) in [6, 6.07) is 8.44. The van der Waals surface area contributed by atoms with Gasteiger partial charge in [-0.3, -0.25) is 9.79 Å². The third kappa shape index (κ3) is 2.28. The Labute approximate surface area is 134 Å². The zero-order valence-corrected chi connectivity index (χ0v) is 13.4. The topological polar surface area (TPSA) is 41.5 Å². The van der Waals surface area contributed by atoms with Gasteiger partial charge >= 0.3 is 0 Å². The molecule has 0 radical (unpaired) electrons. The van der Waals surface area contributed by atoms with Gasteiger partial charge in [-0.2, -0.15) is 0 Å². The Balaban J connectivity index is 1.90. The first-order chi connectivity index (χ1) is 10.7. The highest BCUT2D eigenvalue weighted by atomic mass is 32.1. The van der Waals surface area contributed by atoms with Crippen LogP contribution in [0, 0.1) is 6.92 Å². The first-order valence-corrected chi connectivity index (χ1v) is 8.60. The van der Waals surface area contributed by atoms with Crippen molar-refractivity contribution < 1.29 is 4.79 Å². The van der Waals surface area contributed by atoms with Crippen molar-refractivity contribution in [3.63, 3.8) is 0 Å². The summed E-state index contributed by atoms with van der Waals surface area (Å²) in [7, 11) is 0. The van der Waals surface area contributed by atoms with Crippen LogP contribution in [0.25, 0.3) is 0 Å². The molecule has 3 nitrogen and oxygen atoms in total. The maximum absolute atomic E-state index is 12.0. The molecule has 1 aromatic heterocycles. The van der Waals surface area contributed by atoms with Crippen molar-refractivity contribution >= 4 is 28.0 Å². The van der Waals surface area contributed by atoms with Gasteiger partial charge in [0.1, 0.15) is 11.5 Å². The molecule has 2 heterocycles. The van der Waals surface area contributed by atoms with Gasteiger partial charge in [0, 0.05) is 16.0 Å². The smallest absolute Gasteiger partial charge is 0.246 e. The largest absolute Gasteiger partial charge is 0.316 e. The Bertz CT molecular complexity index is 771. The summed E-state index contributed by atoms with van der Waals surface area (Å²) in [6.45, 7) is 2.29. The van der Waals surface area contributed by atoms with Crippen molar-refractivity contribution in [3.05, 3.63) is 51.4 Å². The lowest BCUT2D eigenvalue weighted by atomic mass is 9.91. The second-order valence-corrected chi connectivity index (χ2v) is 7.10. The number of thiophene rings is 1. The second-order valence-electron chi connectivity index (χ2n) is 5.99. The van der Waals surface area contributed by atoms with Gasteiger partial charge in [0.05, 0.1) is 5.71 Å². The maximum Gasteiger partial charge on any atom is 0.246 e. The highest BCUT2D eigenvalue weighted by molar-refractivity contribution is 7.17. The van der Waals surface area contributed by atoms with Crippen LogP contribution in [0.1, 0.15) is 40.0 Å². The van der Waals surface area contributed by atoms with Crippen LogP contribution in [0.3, 0.4) is 0 Å². The number of aryl methyl sites for hydroxylation is 2. The minimum Gasteiger partial charge on any atom is -0.316 e. The Hall–Kier alpha value is -1.94. The average Bonchev–Trinajstić information content (AvgIpc) is 2.79. The number of rotatable bonds is 1. The fraction of sp³-hybridized carbons (Fsp3) is 0.333. The SMILES string of the molecule is Cc1ccc(C2=NCC(=O)Nc3sc4c(c32)CCCC4)cc1. The number of fused-ring (bicyclic) bond motifs is 3. The van der Waals surface area contributed by atoms with E-state index in [4.69, 9.17) is 0 Å². The number of carbonyl (C=O) groups is 1. The van der Waals surface area contributed by atoms with Crippen LogP contribution in [0.15, 0.2) is 29.3 Å². The summed E-state index contributed by atoms with van der Waals surface area (Å²) in [5.41, 5.74) is 5.91. The first kappa shape index (κ1) is 13.7. The van der Waals surface area contributed by atoms with Crippen LogP contribution in [0.5, 0.6) is 0 Å². The van der Waals surface area contributed by atoms with Gasteiger partial charge < -0.3 is 5.32 Å². The Kier molecular flexibility index (Phi) is 3.34. The summed E-state index contributed by atoms with van der Waals surface area (Å²) >= 11 is 1.74. The summed E-state index contributed by atoms with van der Waals surface area (Å²) in [6.07, 6.45) is 4.70. The number of anilines is 1. The Morgan fingerprint density at radius 2 is 1.91 bits per heavy atom. The van der Waals surface area contributed by atoms with Crippen molar-refractivity contribution in [2.45, 2.75) is 32.6 Å². The maximum atomic E-state index is 12.0. The molecule has 1 N–H and O–H groups in total. The van der Waals surface area contributed by atoms with Crippen molar-refractivity contribution in [2.24, 2.45) is 4.99 Å². The van der Waals surface area contributed by atoms with E-state index in [0.717, 1.165) is 29.1 Å². The van der Waals surface area contributed by atoms with Gasteiger partial charge in [-0.15, -0.1) is 11.3 Å². The van der Waals surface area contributed by atoms with Gasteiger partial charge in [0.15, 0.2) is 0 Å². The minimum atomic E-state index is -0.0121. The lowest BCUT2D eigenvalue weighted by Gasteiger charge is -2.14. The Morgan fingerprint density at radius 1 is 1.14 bits per heavy atom. The molecule has 0 atom stereocenters. The summed E-state index contributed by atoms with van der Waals surface area (Å²) in [5.74, 6) is -0.0121. The lowest BCUT2D eigenvalue weighted by molar-refractivity contribution is -0.114. The zero-order valence-electron chi connectivity index (χ0n) is 12.6. The van der Waals surface area contributed by atoms with E-state index in [9.17, 15) is 4.79 Å². The molecule has 1 aromatic carbocycles. The van der Waals surface area contributed by atoms with Gasteiger partial charge in [-0.25, -0.2) is 0 Å². The van der Waals surface area contributed by atoms with E-state index >= 15 is 0 Å². The number of benzene rings is 1. The van der Waals surface area contributed by atoms with E-state index in [1.54, 1.807) is 11.3 Å². The predicted molar refractivity (Wildman–Crippen MR) is 91.3 cm³/mol. The third-order valence-corrected chi connectivity index (χ3v) is 5.57. The molecule has 2 aromatic rings. The highest BCUT2D eigenvalue weighted by Gasteiger charge is 2.27.